The monoisotopic (exact) mass is 523 g/mol. The molecule has 0 aromatic carbocycles. The number of unbranched alkanes of at least 4 members (excludes halogenated alkanes) is 20. The first-order valence-corrected chi connectivity index (χ1v) is 17.9. The molecule has 0 atom stereocenters. The molecule has 0 aliphatic carbocycles. The molecular weight excluding hydrogens is 448 g/mol. The van der Waals surface area contributed by atoms with Crippen LogP contribution >= 0.6 is 0 Å². The van der Waals surface area contributed by atoms with Gasteiger partial charge in [0.1, 0.15) is 0 Å². The minimum atomic E-state index is 0.807. The van der Waals surface area contributed by atoms with E-state index in [1.165, 1.54) is 180 Å². The molecule has 0 unspecified atom stereocenters. The van der Waals surface area contributed by atoms with Gasteiger partial charge in [-0.25, -0.2) is 0 Å². The topological polar surface area (TPSA) is 9.23 Å². The lowest BCUT2D eigenvalue weighted by atomic mass is 9.93. The van der Waals surface area contributed by atoms with E-state index in [1.807, 2.05) is 0 Å². The van der Waals surface area contributed by atoms with Gasteiger partial charge in [-0.3, -0.25) is 0 Å². The Hall–Kier alpha value is -0.0400. The molecule has 0 rings (SSSR count). The molecule has 0 heterocycles. The fourth-order valence-corrected chi connectivity index (χ4v) is 5.88. The molecule has 0 fully saturated rings. The minimum Gasteiger partial charge on any atom is -0.381 e. The summed E-state index contributed by atoms with van der Waals surface area (Å²) in [6.07, 6.45) is 39.7. The molecule has 0 aromatic rings. The molecule has 0 aliphatic heterocycles. The third kappa shape index (κ3) is 28.8. The average Bonchev–Trinajstić information content (AvgIpc) is 2.91. The zero-order valence-corrected chi connectivity index (χ0v) is 26.8. The normalized spacial score (nSPS) is 11.8. The van der Waals surface area contributed by atoms with Crippen LogP contribution in [0.1, 0.15) is 207 Å². The molecule has 0 saturated carbocycles. The van der Waals surface area contributed by atoms with E-state index < -0.39 is 0 Å². The molecule has 0 radical (unpaired) electrons. The van der Waals surface area contributed by atoms with E-state index in [4.69, 9.17) is 4.74 Å². The molecule has 0 bridgehead atoms. The van der Waals surface area contributed by atoms with E-state index in [9.17, 15) is 0 Å². The number of rotatable bonds is 32. The maximum Gasteiger partial charge on any atom is 0.0494 e. The van der Waals surface area contributed by atoms with Crippen LogP contribution in [0.15, 0.2) is 0 Å². The Morgan fingerprint density at radius 2 is 0.514 bits per heavy atom. The zero-order valence-electron chi connectivity index (χ0n) is 26.8. The molecule has 224 valence electrons. The highest BCUT2D eigenvalue weighted by Gasteiger charge is 2.13. The maximum atomic E-state index is 6.54. The number of hydrogen-bond acceptors (Lipinski definition) is 1. The van der Waals surface area contributed by atoms with Crippen LogP contribution in [0.25, 0.3) is 0 Å². The SMILES string of the molecule is CCCCCCCCC(CCCCCCCC)COCC(CCCCCCCC)CCCCCCCC. The Kier molecular flexibility index (Phi) is 32.1. The van der Waals surface area contributed by atoms with E-state index in [1.54, 1.807) is 0 Å². The Balaban J connectivity index is 4.43. The smallest absolute Gasteiger partial charge is 0.0494 e. The Labute approximate surface area is 237 Å². The van der Waals surface area contributed by atoms with Crippen molar-refractivity contribution in [3.8, 4) is 0 Å². The third-order valence-corrected chi connectivity index (χ3v) is 8.57. The van der Waals surface area contributed by atoms with Crippen molar-refractivity contribution in [1.82, 2.24) is 0 Å². The predicted octanol–water partition coefficient (Wildman–Crippen LogP) is 13.2. The van der Waals surface area contributed by atoms with E-state index in [2.05, 4.69) is 27.7 Å². The molecule has 0 N–H and O–H groups in total. The third-order valence-electron chi connectivity index (χ3n) is 8.57. The fraction of sp³-hybridized carbons (Fsp3) is 1.00. The standard InChI is InChI=1S/C36H74O/c1-5-9-13-17-21-25-29-35(30-26-22-18-14-10-6-2)33-37-34-36(31-27-23-19-15-11-7-3)32-28-24-20-16-12-8-4/h35-36H,5-34H2,1-4H3. The fourth-order valence-electron chi connectivity index (χ4n) is 5.88. The van der Waals surface area contributed by atoms with Crippen LogP contribution in [-0.4, -0.2) is 13.2 Å². The van der Waals surface area contributed by atoms with Crippen LogP contribution in [0.5, 0.6) is 0 Å². The van der Waals surface area contributed by atoms with Crippen LogP contribution in [0.4, 0.5) is 0 Å². The van der Waals surface area contributed by atoms with E-state index in [0.29, 0.717) is 0 Å². The lowest BCUT2D eigenvalue weighted by Crippen LogP contribution is -2.16. The van der Waals surface area contributed by atoms with E-state index >= 15 is 0 Å². The summed E-state index contributed by atoms with van der Waals surface area (Å²) < 4.78 is 6.54. The van der Waals surface area contributed by atoms with Gasteiger partial charge in [0, 0.05) is 13.2 Å². The van der Waals surface area contributed by atoms with Crippen molar-refractivity contribution in [1.29, 1.82) is 0 Å². The minimum absolute atomic E-state index is 0.807. The van der Waals surface area contributed by atoms with Gasteiger partial charge in [0.15, 0.2) is 0 Å². The highest BCUT2D eigenvalue weighted by molar-refractivity contribution is 4.64. The van der Waals surface area contributed by atoms with E-state index in [-0.39, 0.29) is 0 Å². The summed E-state index contributed by atoms with van der Waals surface area (Å²) in [5.41, 5.74) is 0. The van der Waals surface area contributed by atoms with Gasteiger partial charge >= 0.3 is 0 Å². The molecule has 1 heteroatoms. The summed E-state index contributed by atoms with van der Waals surface area (Å²) in [5, 5.41) is 0. The summed E-state index contributed by atoms with van der Waals surface area (Å²) in [7, 11) is 0. The van der Waals surface area contributed by atoms with Crippen LogP contribution in [0, 0.1) is 11.8 Å². The molecular formula is C36H74O. The lowest BCUT2D eigenvalue weighted by Gasteiger charge is -2.21. The van der Waals surface area contributed by atoms with Crippen LogP contribution in [0.2, 0.25) is 0 Å². The summed E-state index contributed by atoms with van der Waals surface area (Å²) in [4.78, 5) is 0. The second kappa shape index (κ2) is 32.2. The van der Waals surface area contributed by atoms with Gasteiger partial charge in [-0.2, -0.15) is 0 Å². The second-order valence-electron chi connectivity index (χ2n) is 12.5. The first-order chi connectivity index (χ1) is 18.3. The lowest BCUT2D eigenvalue weighted by molar-refractivity contribution is 0.0587. The summed E-state index contributed by atoms with van der Waals surface area (Å²) in [5.74, 6) is 1.61. The van der Waals surface area contributed by atoms with Crippen molar-refractivity contribution >= 4 is 0 Å². The van der Waals surface area contributed by atoms with Crippen LogP contribution in [-0.2, 0) is 4.74 Å². The Morgan fingerprint density at radius 3 is 0.757 bits per heavy atom. The zero-order chi connectivity index (χ0) is 27.1. The van der Waals surface area contributed by atoms with Crippen molar-refractivity contribution < 1.29 is 4.74 Å². The molecule has 0 aromatic heterocycles. The van der Waals surface area contributed by atoms with Crippen molar-refractivity contribution in [2.75, 3.05) is 13.2 Å². The highest BCUT2D eigenvalue weighted by atomic mass is 16.5. The van der Waals surface area contributed by atoms with E-state index in [0.717, 1.165) is 25.0 Å². The summed E-state index contributed by atoms with van der Waals surface area (Å²) in [6.45, 7) is 11.3. The number of ether oxygens (including phenoxy) is 1. The van der Waals surface area contributed by atoms with Crippen molar-refractivity contribution in [2.45, 2.75) is 207 Å². The highest BCUT2D eigenvalue weighted by Crippen LogP contribution is 2.23. The maximum absolute atomic E-state index is 6.54. The molecule has 0 spiro atoms. The first kappa shape index (κ1) is 37.0. The van der Waals surface area contributed by atoms with Gasteiger partial charge in [0.25, 0.3) is 0 Å². The van der Waals surface area contributed by atoms with Gasteiger partial charge < -0.3 is 4.74 Å². The largest absolute Gasteiger partial charge is 0.381 e. The average molecular weight is 523 g/mol. The molecule has 1 nitrogen and oxygen atoms in total. The van der Waals surface area contributed by atoms with Crippen LogP contribution < -0.4 is 0 Å². The first-order valence-electron chi connectivity index (χ1n) is 17.9. The van der Waals surface area contributed by atoms with Crippen molar-refractivity contribution in [3.05, 3.63) is 0 Å². The summed E-state index contributed by atoms with van der Waals surface area (Å²) in [6, 6.07) is 0. The molecule has 0 aliphatic rings. The van der Waals surface area contributed by atoms with Gasteiger partial charge in [0.2, 0.25) is 0 Å². The molecule has 0 amide bonds. The number of hydrogen-bond donors (Lipinski definition) is 0. The van der Waals surface area contributed by atoms with Gasteiger partial charge in [-0.1, -0.05) is 182 Å². The van der Waals surface area contributed by atoms with Gasteiger partial charge in [-0.05, 0) is 37.5 Å². The summed E-state index contributed by atoms with van der Waals surface area (Å²) >= 11 is 0. The van der Waals surface area contributed by atoms with Gasteiger partial charge in [0.05, 0.1) is 0 Å². The predicted molar refractivity (Wildman–Crippen MR) is 170 cm³/mol. The molecule has 0 saturated heterocycles. The van der Waals surface area contributed by atoms with Gasteiger partial charge in [-0.15, -0.1) is 0 Å². The van der Waals surface area contributed by atoms with Crippen molar-refractivity contribution in [2.24, 2.45) is 11.8 Å². The Morgan fingerprint density at radius 1 is 0.297 bits per heavy atom. The van der Waals surface area contributed by atoms with Crippen LogP contribution in [0.3, 0.4) is 0 Å². The van der Waals surface area contributed by atoms with Crippen molar-refractivity contribution in [3.63, 3.8) is 0 Å². The molecule has 37 heavy (non-hydrogen) atoms. The second-order valence-corrected chi connectivity index (χ2v) is 12.5. The Bertz CT molecular complexity index is 324. The quantitative estimate of drug-likeness (QED) is 0.0798.